The molecule has 1 rings (SSSR count). The van der Waals surface area contributed by atoms with Crippen LogP contribution in [-0.4, -0.2) is 27.3 Å². The van der Waals surface area contributed by atoms with E-state index in [0.717, 1.165) is 19.7 Å². The number of rotatable bonds is 5. The average molecular weight is 195 g/mol. The molecule has 0 fully saturated rings. The summed E-state index contributed by atoms with van der Waals surface area (Å²) in [6.45, 7) is 4.84. The second-order valence-corrected chi connectivity index (χ2v) is 3.30. The Morgan fingerprint density at radius 1 is 1.36 bits per heavy atom. The van der Waals surface area contributed by atoms with Crippen LogP contribution in [0.1, 0.15) is 6.92 Å². The van der Waals surface area contributed by atoms with Gasteiger partial charge in [0.15, 0.2) is 18.9 Å². The van der Waals surface area contributed by atoms with E-state index >= 15 is 0 Å². The molecule has 0 aliphatic rings. The van der Waals surface area contributed by atoms with Crippen LogP contribution < -0.4 is 9.47 Å². The number of hydrogen-bond donors (Lipinski definition) is 0. The van der Waals surface area contributed by atoms with Crippen molar-refractivity contribution in [2.45, 2.75) is 13.5 Å². The van der Waals surface area contributed by atoms with Gasteiger partial charge < -0.3 is 9.64 Å². The van der Waals surface area contributed by atoms with Crippen molar-refractivity contribution in [3.63, 3.8) is 0 Å². The molecule has 3 heteroatoms. The zero-order chi connectivity index (χ0) is 10.4. The Kier molecular flexibility index (Phi) is 4.40. The van der Waals surface area contributed by atoms with Gasteiger partial charge in [-0.25, -0.2) is 4.57 Å². The highest BCUT2D eigenvalue weighted by molar-refractivity contribution is 5.42. The zero-order valence-electron chi connectivity index (χ0n) is 9.23. The zero-order valence-corrected chi connectivity index (χ0v) is 9.23. The van der Waals surface area contributed by atoms with E-state index in [1.165, 1.54) is 5.69 Å². The van der Waals surface area contributed by atoms with Crippen LogP contribution in [0, 0.1) is 0 Å². The third-order valence-electron chi connectivity index (χ3n) is 2.34. The summed E-state index contributed by atoms with van der Waals surface area (Å²) in [5.41, 5.74) is 1.25. The van der Waals surface area contributed by atoms with Crippen molar-refractivity contribution < 1.29 is 9.30 Å². The van der Waals surface area contributed by atoms with Crippen LogP contribution in [0.2, 0.25) is 0 Å². The molecule has 0 radical (unpaired) electrons. The minimum atomic E-state index is 0.758. The Bertz CT molecular complexity index is 258. The van der Waals surface area contributed by atoms with Crippen LogP contribution in [0.4, 0.5) is 5.69 Å². The summed E-state index contributed by atoms with van der Waals surface area (Å²) in [4.78, 5) is 2.21. The summed E-state index contributed by atoms with van der Waals surface area (Å²) in [6, 6.07) is 4.25. The van der Waals surface area contributed by atoms with Gasteiger partial charge in [-0.3, -0.25) is 0 Å². The molecule has 0 saturated carbocycles. The average Bonchev–Trinajstić information content (AvgIpc) is 2.26. The monoisotopic (exact) mass is 195 g/mol. The smallest absolute Gasteiger partial charge is 0.171 e. The first-order valence-corrected chi connectivity index (χ1v) is 4.97. The maximum absolute atomic E-state index is 5.01. The van der Waals surface area contributed by atoms with Crippen LogP contribution in [0.5, 0.6) is 0 Å². The molecule has 0 aliphatic carbocycles. The molecule has 0 unspecified atom stereocenters. The minimum absolute atomic E-state index is 0.758. The second kappa shape index (κ2) is 5.60. The summed E-state index contributed by atoms with van der Waals surface area (Å²) >= 11 is 0. The van der Waals surface area contributed by atoms with Crippen molar-refractivity contribution in [2.75, 3.05) is 32.2 Å². The van der Waals surface area contributed by atoms with Gasteiger partial charge in [0.05, 0.1) is 0 Å². The molecule has 1 heterocycles. The normalized spacial score (nSPS) is 10.2. The predicted octanol–water partition coefficient (Wildman–Crippen LogP) is 1.08. The first-order chi connectivity index (χ1) is 6.77. The van der Waals surface area contributed by atoms with Crippen LogP contribution in [0.25, 0.3) is 0 Å². The summed E-state index contributed by atoms with van der Waals surface area (Å²) in [5, 5.41) is 0. The van der Waals surface area contributed by atoms with Crippen LogP contribution in [0.3, 0.4) is 0 Å². The Hall–Kier alpha value is -1.09. The van der Waals surface area contributed by atoms with Crippen molar-refractivity contribution in [1.29, 1.82) is 0 Å². The summed E-state index contributed by atoms with van der Waals surface area (Å²) in [6.07, 6.45) is 4.17. The van der Waals surface area contributed by atoms with E-state index < -0.39 is 0 Å². The van der Waals surface area contributed by atoms with Crippen molar-refractivity contribution in [3.05, 3.63) is 24.5 Å². The lowest BCUT2D eigenvalue weighted by Gasteiger charge is -2.15. The SMILES string of the molecule is CCN(C)c1cc[n+](CCOC)cc1. The van der Waals surface area contributed by atoms with Crippen molar-refractivity contribution in [3.8, 4) is 0 Å². The summed E-state index contributed by atoms with van der Waals surface area (Å²) in [5.74, 6) is 0. The van der Waals surface area contributed by atoms with Gasteiger partial charge in [-0.05, 0) is 6.92 Å². The molecule has 0 aromatic carbocycles. The van der Waals surface area contributed by atoms with E-state index in [-0.39, 0.29) is 0 Å². The molecular weight excluding hydrogens is 176 g/mol. The van der Waals surface area contributed by atoms with Crippen molar-refractivity contribution >= 4 is 5.69 Å². The van der Waals surface area contributed by atoms with Crippen molar-refractivity contribution in [2.24, 2.45) is 0 Å². The molecular formula is C11H19N2O+. The molecule has 14 heavy (non-hydrogen) atoms. The Labute approximate surface area is 85.9 Å². The fourth-order valence-corrected chi connectivity index (χ4v) is 1.23. The first kappa shape index (κ1) is 11.0. The quantitative estimate of drug-likeness (QED) is 0.654. The molecule has 3 nitrogen and oxygen atoms in total. The highest BCUT2D eigenvalue weighted by Crippen LogP contribution is 2.07. The van der Waals surface area contributed by atoms with E-state index in [0.29, 0.717) is 0 Å². The largest absolute Gasteiger partial charge is 0.378 e. The van der Waals surface area contributed by atoms with E-state index in [1.54, 1.807) is 7.11 Å². The molecule has 0 saturated heterocycles. The predicted molar refractivity (Wildman–Crippen MR) is 57.5 cm³/mol. The van der Waals surface area contributed by atoms with Gasteiger partial charge in [0.1, 0.15) is 6.61 Å². The van der Waals surface area contributed by atoms with Gasteiger partial charge in [0.2, 0.25) is 0 Å². The lowest BCUT2D eigenvalue weighted by atomic mass is 10.3. The fourth-order valence-electron chi connectivity index (χ4n) is 1.23. The Morgan fingerprint density at radius 2 is 2.00 bits per heavy atom. The van der Waals surface area contributed by atoms with Gasteiger partial charge in [-0.15, -0.1) is 0 Å². The molecule has 0 atom stereocenters. The third kappa shape index (κ3) is 3.00. The summed E-state index contributed by atoms with van der Waals surface area (Å²) in [7, 11) is 3.81. The number of pyridine rings is 1. The lowest BCUT2D eigenvalue weighted by molar-refractivity contribution is -0.698. The highest BCUT2D eigenvalue weighted by Gasteiger charge is 2.02. The van der Waals surface area contributed by atoms with E-state index in [4.69, 9.17) is 4.74 Å². The molecule has 0 spiro atoms. The van der Waals surface area contributed by atoms with Gasteiger partial charge in [0.25, 0.3) is 0 Å². The van der Waals surface area contributed by atoms with Gasteiger partial charge >= 0.3 is 0 Å². The van der Waals surface area contributed by atoms with Crippen LogP contribution in [-0.2, 0) is 11.3 Å². The maximum atomic E-state index is 5.01. The van der Waals surface area contributed by atoms with Gasteiger partial charge in [-0.1, -0.05) is 0 Å². The maximum Gasteiger partial charge on any atom is 0.171 e. The van der Waals surface area contributed by atoms with E-state index in [1.807, 2.05) is 0 Å². The second-order valence-electron chi connectivity index (χ2n) is 3.30. The fraction of sp³-hybridized carbons (Fsp3) is 0.545. The first-order valence-electron chi connectivity index (χ1n) is 4.97. The van der Waals surface area contributed by atoms with Crippen LogP contribution >= 0.6 is 0 Å². The number of anilines is 1. The Morgan fingerprint density at radius 3 is 2.50 bits per heavy atom. The molecule has 0 aliphatic heterocycles. The third-order valence-corrected chi connectivity index (χ3v) is 2.34. The number of nitrogens with zero attached hydrogens (tertiary/aromatic N) is 2. The number of aromatic nitrogens is 1. The standard InChI is InChI=1S/C11H19N2O/c1-4-12(2)11-5-7-13(8-6-11)9-10-14-3/h5-8H,4,9-10H2,1-3H3/q+1. The van der Waals surface area contributed by atoms with Gasteiger partial charge in [-0.2, -0.15) is 0 Å². The van der Waals surface area contributed by atoms with E-state index in [2.05, 4.69) is 48.0 Å². The summed E-state index contributed by atoms with van der Waals surface area (Å²) < 4.78 is 7.13. The lowest BCUT2D eigenvalue weighted by Crippen LogP contribution is -2.35. The topological polar surface area (TPSA) is 16.4 Å². The van der Waals surface area contributed by atoms with Crippen LogP contribution in [0.15, 0.2) is 24.5 Å². The molecule has 1 aromatic rings. The van der Waals surface area contributed by atoms with Gasteiger partial charge in [0, 0.05) is 38.5 Å². The van der Waals surface area contributed by atoms with Crippen molar-refractivity contribution in [1.82, 2.24) is 0 Å². The van der Waals surface area contributed by atoms with E-state index in [9.17, 15) is 0 Å². The Balaban J connectivity index is 2.59. The molecule has 1 aromatic heterocycles. The molecule has 0 N–H and O–H groups in total. The number of ether oxygens (including phenoxy) is 1. The molecule has 0 amide bonds. The molecule has 0 bridgehead atoms. The minimum Gasteiger partial charge on any atom is -0.378 e. The number of methoxy groups -OCH3 is 1. The highest BCUT2D eigenvalue weighted by atomic mass is 16.5. The number of hydrogen-bond acceptors (Lipinski definition) is 2. The molecule has 78 valence electrons.